The molecule has 0 saturated heterocycles. The van der Waals surface area contributed by atoms with Crippen molar-refractivity contribution in [2.75, 3.05) is 0 Å². The van der Waals surface area contributed by atoms with E-state index in [-0.39, 0.29) is 0 Å². The van der Waals surface area contributed by atoms with Crippen LogP contribution in [0.4, 0.5) is 0 Å². The first-order chi connectivity index (χ1) is 9.72. The maximum absolute atomic E-state index is 5.63. The van der Waals surface area contributed by atoms with Crippen LogP contribution in [0.15, 0.2) is 4.52 Å². The minimum atomic E-state index is 0.376. The lowest BCUT2D eigenvalue weighted by Crippen LogP contribution is -2.48. The summed E-state index contributed by atoms with van der Waals surface area (Å²) in [5.41, 5.74) is 6.07. The third-order valence-electron chi connectivity index (χ3n) is 6.20. The molecule has 1 aromatic rings. The van der Waals surface area contributed by atoms with Crippen molar-refractivity contribution in [3.8, 4) is 0 Å². The van der Waals surface area contributed by atoms with Gasteiger partial charge in [0, 0.05) is 5.92 Å². The van der Waals surface area contributed by atoms with E-state index < -0.39 is 0 Å². The van der Waals surface area contributed by atoms with E-state index in [2.05, 4.69) is 17.1 Å². The zero-order valence-corrected chi connectivity index (χ0v) is 12.3. The Morgan fingerprint density at radius 1 is 1.20 bits per heavy atom. The largest absolute Gasteiger partial charge is 0.339 e. The zero-order chi connectivity index (χ0) is 13.7. The molecule has 4 heteroatoms. The van der Waals surface area contributed by atoms with Crippen LogP contribution in [-0.4, -0.2) is 10.1 Å². The van der Waals surface area contributed by atoms with Crippen molar-refractivity contribution >= 4 is 0 Å². The molecule has 1 atom stereocenters. The first-order valence-electron chi connectivity index (χ1n) is 8.25. The van der Waals surface area contributed by atoms with Crippen molar-refractivity contribution in [1.29, 1.82) is 0 Å². The highest BCUT2D eigenvalue weighted by Gasteiger charge is 2.55. The third kappa shape index (κ3) is 1.84. The van der Waals surface area contributed by atoms with Gasteiger partial charge in [-0.2, -0.15) is 4.98 Å². The standard InChI is InChI=1S/C16H25N3O/c1-2-13(15-18-14(9-17)19-20-15)16-6-10-3-11(7-16)5-12(4-10)8-16/h10-13H,2-9,17H2,1H3. The highest BCUT2D eigenvalue weighted by Crippen LogP contribution is 2.65. The zero-order valence-electron chi connectivity index (χ0n) is 12.3. The Labute approximate surface area is 120 Å². The number of rotatable bonds is 4. The summed E-state index contributed by atoms with van der Waals surface area (Å²) in [7, 11) is 0. The molecular formula is C16H25N3O. The Bertz CT molecular complexity index is 460. The molecule has 0 spiro atoms. The number of nitrogens with zero attached hydrogens (tertiary/aromatic N) is 2. The van der Waals surface area contributed by atoms with Gasteiger partial charge in [-0.3, -0.25) is 0 Å². The Hall–Kier alpha value is -0.900. The van der Waals surface area contributed by atoms with Crippen molar-refractivity contribution in [1.82, 2.24) is 10.1 Å². The molecule has 0 radical (unpaired) electrons. The van der Waals surface area contributed by atoms with E-state index >= 15 is 0 Å². The normalized spacial score (nSPS) is 40.2. The first kappa shape index (κ1) is 12.8. The average Bonchev–Trinajstić information content (AvgIpc) is 2.86. The molecule has 2 N–H and O–H groups in total. The van der Waals surface area contributed by atoms with Crippen molar-refractivity contribution < 1.29 is 4.52 Å². The van der Waals surface area contributed by atoms with E-state index in [9.17, 15) is 0 Å². The van der Waals surface area contributed by atoms with E-state index in [4.69, 9.17) is 10.3 Å². The van der Waals surface area contributed by atoms with Crippen LogP contribution in [0.5, 0.6) is 0 Å². The van der Waals surface area contributed by atoms with E-state index in [0.717, 1.165) is 30.1 Å². The molecule has 4 aliphatic carbocycles. The average molecular weight is 275 g/mol. The second-order valence-corrected chi connectivity index (χ2v) is 7.49. The second-order valence-electron chi connectivity index (χ2n) is 7.49. The molecule has 1 heterocycles. The lowest BCUT2D eigenvalue weighted by Gasteiger charge is -2.58. The predicted molar refractivity (Wildman–Crippen MR) is 75.8 cm³/mol. The van der Waals surface area contributed by atoms with Crippen LogP contribution in [0.1, 0.15) is 69.5 Å². The van der Waals surface area contributed by atoms with Crippen molar-refractivity contribution in [3.05, 3.63) is 11.7 Å². The monoisotopic (exact) mass is 275 g/mol. The van der Waals surface area contributed by atoms with Gasteiger partial charge >= 0.3 is 0 Å². The number of aromatic nitrogens is 2. The van der Waals surface area contributed by atoms with Crippen LogP contribution >= 0.6 is 0 Å². The van der Waals surface area contributed by atoms with Gasteiger partial charge in [0.05, 0.1) is 6.54 Å². The molecule has 110 valence electrons. The summed E-state index contributed by atoms with van der Waals surface area (Å²) < 4.78 is 5.56. The minimum absolute atomic E-state index is 0.376. The summed E-state index contributed by atoms with van der Waals surface area (Å²) in [6.45, 7) is 2.65. The Kier molecular flexibility index (Phi) is 2.92. The maximum atomic E-state index is 5.63. The van der Waals surface area contributed by atoms with Crippen LogP contribution < -0.4 is 5.73 Å². The van der Waals surface area contributed by atoms with Crippen molar-refractivity contribution in [3.63, 3.8) is 0 Å². The Balaban J connectivity index is 1.66. The fraction of sp³-hybridized carbons (Fsp3) is 0.875. The van der Waals surface area contributed by atoms with E-state index in [1.165, 1.54) is 38.5 Å². The molecule has 5 rings (SSSR count). The van der Waals surface area contributed by atoms with Crippen LogP contribution in [0, 0.1) is 23.2 Å². The molecule has 1 aromatic heterocycles. The van der Waals surface area contributed by atoms with Crippen LogP contribution in [0.2, 0.25) is 0 Å². The van der Waals surface area contributed by atoms with Crippen LogP contribution in [0.3, 0.4) is 0 Å². The minimum Gasteiger partial charge on any atom is -0.339 e. The number of hydrogen-bond donors (Lipinski definition) is 1. The fourth-order valence-electron chi connectivity index (χ4n) is 5.97. The summed E-state index contributed by atoms with van der Waals surface area (Å²) in [6, 6.07) is 0. The second kappa shape index (κ2) is 4.55. The first-order valence-corrected chi connectivity index (χ1v) is 8.25. The van der Waals surface area contributed by atoms with Gasteiger partial charge in [-0.1, -0.05) is 12.1 Å². The molecule has 20 heavy (non-hydrogen) atoms. The van der Waals surface area contributed by atoms with Crippen molar-refractivity contribution in [2.45, 2.75) is 64.3 Å². The number of nitrogens with two attached hydrogens (primary N) is 1. The molecule has 4 nitrogen and oxygen atoms in total. The molecule has 4 bridgehead atoms. The SMILES string of the molecule is CCC(c1nc(CN)no1)C12CC3CC(CC(C3)C1)C2. The predicted octanol–water partition coefficient (Wildman–Crippen LogP) is 3.24. The molecule has 0 amide bonds. The van der Waals surface area contributed by atoms with E-state index in [1.807, 2.05) is 0 Å². The van der Waals surface area contributed by atoms with Crippen LogP contribution in [-0.2, 0) is 6.54 Å². The summed E-state index contributed by atoms with van der Waals surface area (Å²) in [4.78, 5) is 4.55. The molecule has 4 aliphatic rings. The molecule has 0 aromatic carbocycles. The van der Waals surface area contributed by atoms with Gasteiger partial charge in [-0.15, -0.1) is 0 Å². The summed E-state index contributed by atoms with van der Waals surface area (Å²) in [5, 5.41) is 4.02. The Morgan fingerprint density at radius 2 is 1.80 bits per heavy atom. The maximum Gasteiger partial charge on any atom is 0.230 e. The highest BCUT2D eigenvalue weighted by atomic mass is 16.5. The number of hydrogen-bond acceptors (Lipinski definition) is 4. The van der Waals surface area contributed by atoms with Gasteiger partial charge in [0.2, 0.25) is 5.89 Å². The Morgan fingerprint density at radius 3 is 2.25 bits per heavy atom. The molecular weight excluding hydrogens is 250 g/mol. The summed E-state index contributed by atoms with van der Waals surface area (Å²) in [5.74, 6) is 4.85. The van der Waals surface area contributed by atoms with E-state index in [1.54, 1.807) is 0 Å². The molecule has 4 saturated carbocycles. The van der Waals surface area contributed by atoms with Gasteiger partial charge in [-0.25, -0.2) is 0 Å². The molecule has 0 aliphatic heterocycles. The third-order valence-corrected chi connectivity index (χ3v) is 6.20. The van der Waals surface area contributed by atoms with Gasteiger partial charge in [0.25, 0.3) is 0 Å². The van der Waals surface area contributed by atoms with Gasteiger partial charge in [0.1, 0.15) is 0 Å². The smallest absolute Gasteiger partial charge is 0.230 e. The fourth-order valence-corrected chi connectivity index (χ4v) is 5.97. The van der Waals surface area contributed by atoms with E-state index in [0.29, 0.717) is 23.7 Å². The van der Waals surface area contributed by atoms with Gasteiger partial charge < -0.3 is 10.3 Å². The summed E-state index contributed by atoms with van der Waals surface area (Å²) in [6.07, 6.45) is 9.71. The highest BCUT2D eigenvalue weighted by molar-refractivity contribution is 5.11. The summed E-state index contributed by atoms with van der Waals surface area (Å²) >= 11 is 0. The van der Waals surface area contributed by atoms with Crippen LogP contribution in [0.25, 0.3) is 0 Å². The van der Waals surface area contributed by atoms with Gasteiger partial charge in [-0.05, 0) is 68.1 Å². The molecule has 1 unspecified atom stereocenters. The van der Waals surface area contributed by atoms with Crippen molar-refractivity contribution in [2.24, 2.45) is 28.9 Å². The van der Waals surface area contributed by atoms with Gasteiger partial charge in [0.15, 0.2) is 5.82 Å². The lowest BCUT2D eigenvalue weighted by molar-refractivity contribution is -0.0741. The quantitative estimate of drug-likeness (QED) is 0.916. The molecule has 4 fully saturated rings. The topological polar surface area (TPSA) is 64.9 Å². The lowest BCUT2D eigenvalue weighted by atomic mass is 9.46.